The average Bonchev–Trinajstić information content (AvgIpc) is 2.78. The fourth-order valence-corrected chi connectivity index (χ4v) is 1.77. The van der Waals surface area contributed by atoms with Crippen LogP contribution in [0.25, 0.3) is 0 Å². The molecule has 0 aromatic rings. The quantitative estimate of drug-likeness (QED) is 0.106. The molecule has 0 aliphatic carbocycles. The molecular formula is C16H10F20O6. The van der Waals surface area contributed by atoms with E-state index in [1.54, 1.807) is 0 Å². The van der Waals surface area contributed by atoms with Crippen molar-refractivity contribution < 1.29 is 116 Å². The van der Waals surface area contributed by atoms with Gasteiger partial charge in [0.1, 0.15) is 12.7 Å². The van der Waals surface area contributed by atoms with Gasteiger partial charge in [-0.05, 0) is 0 Å². The van der Waals surface area contributed by atoms with Gasteiger partial charge in [-0.2, -0.15) is 79.0 Å². The van der Waals surface area contributed by atoms with E-state index in [4.69, 9.17) is 0 Å². The smallest absolute Gasteiger partial charge is 0.460 e. The zero-order valence-corrected chi connectivity index (χ0v) is 18.9. The van der Waals surface area contributed by atoms with Gasteiger partial charge < -0.3 is 14.2 Å². The minimum absolute atomic E-state index is 0.153. The highest BCUT2D eigenvalue weighted by Gasteiger charge is 2.77. The lowest BCUT2D eigenvalue weighted by Crippen LogP contribution is -2.56. The number of hydrogen-bond donors (Lipinski definition) is 0. The number of halogens is 20. The standard InChI is InChI=1S/C16H10F20O6/c1-2-6(37)38-3-5(40-10(21,22)8(18)42-16(35,36)12(25,26)14(30,31)32)4-39-9(19,20)7(17)41-15(33,34)11(23,24)13(27,28)29/h2,5,7-8H,1,3-4H2. The van der Waals surface area contributed by atoms with Crippen LogP contribution in [-0.2, 0) is 28.5 Å². The third-order valence-electron chi connectivity index (χ3n) is 3.84. The topological polar surface area (TPSA) is 63.2 Å². The van der Waals surface area contributed by atoms with Gasteiger partial charge in [-0.1, -0.05) is 6.58 Å². The summed E-state index contributed by atoms with van der Waals surface area (Å²) in [6.07, 6.45) is -55.0. The van der Waals surface area contributed by atoms with Gasteiger partial charge in [-0.15, -0.1) is 0 Å². The molecule has 26 heteroatoms. The number of rotatable bonds is 16. The third kappa shape index (κ3) is 9.32. The molecule has 0 aromatic carbocycles. The summed E-state index contributed by atoms with van der Waals surface area (Å²) in [5.74, 6) is -16.4. The Morgan fingerprint density at radius 1 is 0.595 bits per heavy atom. The zero-order valence-electron chi connectivity index (χ0n) is 18.9. The van der Waals surface area contributed by atoms with Gasteiger partial charge in [-0.3, -0.25) is 9.47 Å². The molecule has 0 saturated heterocycles. The maximum absolute atomic E-state index is 13.8. The van der Waals surface area contributed by atoms with Crippen LogP contribution in [0.3, 0.4) is 0 Å². The van der Waals surface area contributed by atoms with Crippen LogP contribution in [0, 0.1) is 0 Å². The van der Waals surface area contributed by atoms with Crippen molar-refractivity contribution in [2.45, 2.75) is 67.5 Å². The van der Waals surface area contributed by atoms with E-state index >= 15 is 0 Å². The average molecular weight is 678 g/mol. The lowest BCUT2D eigenvalue weighted by Gasteiger charge is -2.32. The summed E-state index contributed by atoms with van der Waals surface area (Å²) in [5.41, 5.74) is 0. The van der Waals surface area contributed by atoms with Crippen molar-refractivity contribution in [3.05, 3.63) is 12.7 Å². The highest BCUT2D eigenvalue weighted by atomic mass is 19.4. The molecule has 0 heterocycles. The largest absolute Gasteiger partial charge is 0.462 e. The van der Waals surface area contributed by atoms with E-state index in [1.807, 2.05) is 4.74 Å². The van der Waals surface area contributed by atoms with Crippen molar-refractivity contribution in [1.29, 1.82) is 0 Å². The predicted octanol–water partition coefficient (Wildman–Crippen LogP) is 6.51. The molecule has 6 nitrogen and oxygen atoms in total. The van der Waals surface area contributed by atoms with Gasteiger partial charge in [0, 0.05) is 6.08 Å². The lowest BCUT2D eigenvalue weighted by atomic mass is 10.3. The Balaban J connectivity index is 5.87. The van der Waals surface area contributed by atoms with Gasteiger partial charge in [0.2, 0.25) is 0 Å². The first-order valence-electron chi connectivity index (χ1n) is 9.44. The molecule has 0 N–H and O–H groups in total. The molecule has 0 aliphatic heterocycles. The summed E-state index contributed by atoms with van der Waals surface area (Å²) < 4.78 is 271. The number of hydrogen-bond acceptors (Lipinski definition) is 6. The maximum Gasteiger partial charge on any atom is 0.462 e. The molecule has 0 fully saturated rings. The van der Waals surface area contributed by atoms with E-state index in [-0.39, 0.29) is 6.08 Å². The van der Waals surface area contributed by atoms with Crippen LogP contribution in [0.15, 0.2) is 12.7 Å². The second kappa shape index (κ2) is 12.7. The first kappa shape index (κ1) is 39.6. The van der Waals surface area contributed by atoms with Gasteiger partial charge >= 0.3 is 54.6 Å². The lowest BCUT2D eigenvalue weighted by molar-refractivity contribution is -0.472. The predicted molar refractivity (Wildman–Crippen MR) is 85.7 cm³/mol. The van der Waals surface area contributed by atoms with Crippen molar-refractivity contribution in [1.82, 2.24) is 0 Å². The minimum Gasteiger partial charge on any atom is -0.460 e. The van der Waals surface area contributed by atoms with Crippen LogP contribution in [0.1, 0.15) is 0 Å². The number of carbonyl (C=O) groups excluding carboxylic acids is 1. The van der Waals surface area contributed by atoms with Crippen molar-refractivity contribution >= 4 is 5.97 Å². The van der Waals surface area contributed by atoms with E-state index in [9.17, 15) is 92.6 Å². The van der Waals surface area contributed by atoms with Crippen molar-refractivity contribution in [2.24, 2.45) is 0 Å². The third-order valence-corrected chi connectivity index (χ3v) is 3.84. The summed E-state index contributed by atoms with van der Waals surface area (Å²) in [5, 5.41) is 0. The zero-order chi connectivity index (χ0) is 34.0. The fourth-order valence-electron chi connectivity index (χ4n) is 1.77. The van der Waals surface area contributed by atoms with Gasteiger partial charge in [0.25, 0.3) is 12.7 Å². The van der Waals surface area contributed by atoms with Crippen LogP contribution < -0.4 is 0 Å². The molecule has 0 aromatic heterocycles. The van der Waals surface area contributed by atoms with Crippen molar-refractivity contribution in [3.8, 4) is 0 Å². The Morgan fingerprint density at radius 3 is 1.29 bits per heavy atom. The first-order chi connectivity index (χ1) is 18.3. The van der Waals surface area contributed by atoms with Crippen LogP contribution in [-0.4, -0.2) is 86.6 Å². The summed E-state index contributed by atoms with van der Waals surface area (Å²) in [4.78, 5) is 11.0. The Bertz CT molecular complexity index is 915. The molecular weight excluding hydrogens is 668 g/mol. The Kier molecular flexibility index (Phi) is 12.0. The number of carbonyl (C=O) groups is 1. The SMILES string of the molecule is C=CC(=O)OCC(COC(F)(F)C(F)OC(F)(F)C(F)(F)C(F)(F)F)OC(F)(F)C(F)OC(F)(F)C(F)(F)C(F)(F)F. The maximum atomic E-state index is 13.8. The molecule has 3 atom stereocenters. The van der Waals surface area contributed by atoms with E-state index in [2.05, 4.69) is 25.5 Å². The van der Waals surface area contributed by atoms with Crippen molar-refractivity contribution in [3.63, 3.8) is 0 Å². The van der Waals surface area contributed by atoms with E-state index in [0.29, 0.717) is 0 Å². The summed E-state index contributed by atoms with van der Waals surface area (Å²) in [6.45, 7) is -1.91. The molecule has 0 spiro atoms. The molecule has 0 radical (unpaired) electrons. The molecule has 0 amide bonds. The monoisotopic (exact) mass is 678 g/mol. The molecule has 250 valence electrons. The van der Waals surface area contributed by atoms with Crippen LogP contribution in [0.4, 0.5) is 87.8 Å². The highest BCUT2D eigenvalue weighted by Crippen LogP contribution is 2.50. The number of esters is 1. The minimum atomic E-state index is -7.36. The molecule has 0 rings (SSSR count). The molecule has 0 bridgehead atoms. The molecule has 42 heavy (non-hydrogen) atoms. The first-order valence-corrected chi connectivity index (χ1v) is 9.44. The van der Waals surface area contributed by atoms with E-state index in [0.717, 1.165) is 0 Å². The van der Waals surface area contributed by atoms with Crippen LogP contribution in [0.5, 0.6) is 0 Å². The van der Waals surface area contributed by atoms with Crippen LogP contribution >= 0.6 is 0 Å². The summed E-state index contributed by atoms with van der Waals surface area (Å²) in [6, 6.07) is 0. The normalized spacial score (nSPS) is 17.0. The molecule has 0 aliphatic rings. The van der Waals surface area contributed by atoms with Crippen LogP contribution in [0.2, 0.25) is 0 Å². The molecule has 0 saturated carbocycles. The van der Waals surface area contributed by atoms with Crippen molar-refractivity contribution in [2.75, 3.05) is 13.2 Å². The fraction of sp³-hybridized carbons (Fsp3) is 0.812. The second-order valence-corrected chi connectivity index (χ2v) is 7.05. The highest BCUT2D eigenvalue weighted by molar-refractivity contribution is 5.81. The van der Waals surface area contributed by atoms with Gasteiger partial charge in [0.15, 0.2) is 0 Å². The Labute approximate surface area is 217 Å². The number of ether oxygens (including phenoxy) is 5. The summed E-state index contributed by atoms with van der Waals surface area (Å²) in [7, 11) is 0. The Hall–Kier alpha value is -2.35. The Morgan fingerprint density at radius 2 is 0.952 bits per heavy atom. The summed E-state index contributed by atoms with van der Waals surface area (Å²) >= 11 is 0. The van der Waals surface area contributed by atoms with E-state index < -0.39 is 86.6 Å². The molecule has 3 unspecified atom stereocenters. The van der Waals surface area contributed by atoms with Gasteiger partial charge in [-0.25, -0.2) is 13.6 Å². The van der Waals surface area contributed by atoms with Gasteiger partial charge in [0.05, 0.1) is 6.61 Å². The van der Waals surface area contributed by atoms with E-state index in [1.165, 1.54) is 0 Å². The number of alkyl halides is 20. The second-order valence-electron chi connectivity index (χ2n) is 7.05.